The molecule has 0 unspecified atom stereocenters. The van der Waals surface area contributed by atoms with Crippen molar-refractivity contribution in [1.29, 1.82) is 10.5 Å². The van der Waals surface area contributed by atoms with E-state index >= 15 is 0 Å². The minimum atomic E-state index is 0.129. The van der Waals surface area contributed by atoms with Gasteiger partial charge in [0.05, 0.1) is 0 Å². The Bertz CT molecular complexity index is 606. The van der Waals surface area contributed by atoms with Gasteiger partial charge < -0.3 is 9.88 Å². The third-order valence-electron chi connectivity index (χ3n) is 2.58. The molecule has 0 fully saturated rings. The SMILES string of the molecule is CN(C)c1ccc(-c2nc(C#N)c(C#N)[nH]2)cc1. The summed E-state index contributed by atoms with van der Waals surface area (Å²) in [5.41, 5.74) is 2.25. The van der Waals surface area contributed by atoms with Crippen molar-refractivity contribution in [1.82, 2.24) is 9.97 Å². The fourth-order valence-electron chi connectivity index (χ4n) is 1.59. The highest BCUT2D eigenvalue weighted by atomic mass is 15.1. The molecule has 0 bridgehead atoms. The Kier molecular flexibility index (Phi) is 2.99. The zero-order valence-corrected chi connectivity index (χ0v) is 10.1. The molecule has 1 aromatic carbocycles. The zero-order chi connectivity index (χ0) is 13.1. The minimum Gasteiger partial charge on any atom is -0.378 e. The third kappa shape index (κ3) is 2.02. The molecule has 1 N–H and O–H groups in total. The number of rotatable bonds is 2. The van der Waals surface area contributed by atoms with E-state index in [0.29, 0.717) is 5.82 Å². The molecule has 1 aromatic heterocycles. The van der Waals surface area contributed by atoms with E-state index in [9.17, 15) is 0 Å². The molecule has 0 saturated carbocycles. The van der Waals surface area contributed by atoms with Gasteiger partial charge in [-0.2, -0.15) is 10.5 Å². The molecule has 2 aromatic rings. The fourth-order valence-corrected chi connectivity index (χ4v) is 1.59. The van der Waals surface area contributed by atoms with Crippen LogP contribution in [-0.2, 0) is 0 Å². The van der Waals surface area contributed by atoms with E-state index in [-0.39, 0.29) is 11.4 Å². The highest BCUT2D eigenvalue weighted by Gasteiger charge is 2.10. The van der Waals surface area contributed by atoms with Crippen LogP contribution in [0.2, 0.25) is 0 Å². The molecule has 0 radical (unpaired) electrons. The second-order valence-electron chi connectivity index (χ2n) is 3.97. The summed E-state index contributed by atoms with van der Waals surface area (Å²) < 4.78 is 0. The highest BCUT2D eigenvalue weighted by Crippen LogP contribution is 2.21. The number of H-pyrrole nitrogens is 1. The summed E-state index contributed by atoms with van der Waals surface area (Å²) in [7, 11) is 3.92. The van der Waals surface area contributed by atoms with Crippen LogP contribution in [0, 0.1) is 22.7 Å². The van der Waals surface area contributed by atoms with E-state index in [0.717, 1.165) is 11.3 Å². The molecular formula is C13H11N5. The molecule has 88 valence electrons. The van der Waals surface area contributed by atoms with Gasteiger partial charge in [-0.15, -0.1) is 0 Å². The summed E-state index contributed by atoms with van der Waals surface area (Å²) in [6.45, 7) is 0. The molecule has 0 saturated heterocycles. The summed E-state index contributed by atoms with van der Waals surface area (Å²) in [4.78, 5) is 8.92. The van der Waals surface area contributed by atoms with Gasteiger partial charge in [-0.05, 0) is 24.3 Å². The van der Waals surface area contributed by atoms with Gasteiger partial charge in [-0.3, -0.25) is 0 Å². The number of benzene rings is 1. The van der Waals surface area contributed by atoms with Gasteiger partial charge in [0.15, 0.2) is 11.4 Å². The van der Waals surface area contributed by atoms with Gasteiger partial charge in [-0.25, -0.2) is 4.98 Å². The van der Waals surface area contributed by atoms with Crippen molar-refractivity contribution < 1.29 is 0 Å². The van der Waals surface area contributed by atoms with Crippen molar-refractivity contribution in [2.45, 2.75) is 0 Å². The largest absolute Gasteiger partial charge is 0.378 e. The van der Waals surface area contributed by atoms with Crippen LogP contribution in [0.3, 0.4) is 0 Å². The summed E-state index contributed by atoms with van der Waals surface area (Å²) in [5, 5.41) is 17.7. The number of aromatic amines is 1. The highest BCUT2D eigenvalue weighted by molar-refractivity contribution is 5.62. The first-order chi connectivity index (χ1) is 8.65. The van der Waals surface area contributed by atoms with Crippen LogP contribution in [0.25, 0.3) is 11.4 Å². The lowest BCUT2D eigenvalue weighted by molar-refractivity contribution is 1.13. The first-order valence-electron chi connectivity index (χ1n) is 5.33. The Morgan fingerprint density at radius 1 is 1.11 bits per heavy atom. The number of aromatic nitrogens is 2. The van der Waals surface area contributed by atoms with Crippen molar-refractivity contribution in [3.63, 3.8) is 0 Å². The van der Waals surface area contributed by atoms with E-state index in [4.69, 9.17) is 10.5 Å². The summed E-state index contributed by atoms with van der Waals surface area (Å²) in [6, 6.07) is 11.5. The molecule has 0 atom stereocenters. The maximum atomic E-state index is 8.85. The molecule has 2 rings (SSSR count). The Balaban J connectivity index is 2.41. The van der Waals surface area contributed by atoms with Gasteiger partial charge >= 0.3 is 0 Å². The average molecular weight is 237 g/mol. The molecule has 5 nitrogen and oxygen atoms in total. The van der Waals surface area contributed by atoms with E-state index in [1.807, 2.05) is 55.4 Å². The number of hydrogen-bond donors (Lipinski definition) is 1. The van der Waals surface area contributed by atoms with Crippen molar-refractivity contribution in [2.24, 2.45) is 0 Å². The topological polar surface area (TPSA) is 79.5 Å². The molecular weight excluding hydrogens is 226 g/mol. The Hall–Kier alpha value is -2.79. The van der Waals surface area contributed by atoms with Crippen molar-refractivity contribution >= 4 is 5.69 Å². The minimum absolute atomic E-state index is 0.129. The summed E-state index contributed by atoms with van der Waals surface area (Å²) >= 11 is 0. The lowest BCUT2D eigenvalue weighted by atomic mass is 10.2. The predicted molar refractivity (Wildman–Crippen MR) is 67.8 cm³/mol. The smallest absolute Gasteiger partial charge is 0.177 e. The number of imidazole rings is 1. The molecule has 5 heteroatoms. The van der Waals surface area contributed by atoms with E-state index in [2.05, 4.69) is 9.97 Å². The second-order valence-corrected chi connectivity index (χ2v) is 3.97. The van der Waals surface area contributed by atoms with Crippen molar-refractivity contribution in [3.8, 4) is 23.5 Å². The standard InChI is InChI=1S/C13H11N5/c1-18(2)10-5-3-9(4-6-10)13-16-11(7-14)12(8-15)17-13/h3-6H,1-2H3,(H,16,17). The van der Waals surface area contributed by atoms with Crippen LogP contribution in [0.4, 0.5) is 5.69 Å². The fraction of sp³-hybridized carbons (Fsp3) is 0.154. The molecule has 0 aliphatic carbocycles. The Morgan fingerprint density at radius 3 is 2.22 bits per heavy atom. The van der Waals surface area contributed by atoms with Crippen LogP contribution in [0.1, 0.15) is 11.4 Å². The quantitative estimate of drug-likeness (QED) is 0.864. The van der Waals surface area contributed by atoms with Gasteiger partial charge in [0.1, 0.15) is 18.0 Å². The van der Waals surface area contributed by atoms with Crippen molar-refractivity contribution in [2.75, 3.05) is 19.0 Å². The van der Waals surface area contributed by atoms with Crippen LogP contribution < -0.4 is 4.90 Å². The first-order valence-corrected chi connectivity index (χ1v) is 5.33. The normalized spacial score (nSPS) is 9.56. The first kappa shape index (κ1) is 11.7. The van der Waals surface area contributed by atoms with Gasteiger partial charge in [0.2, 0.25) is 0 Å². The van der Waals surface area contributed by atoms with E-state index < -0.39 is 0 Å². The summed E-state index contributed by atoms with van der Waals surface area (Å²) in [6.07, 6.45) is 0. The van der Waals surface area contributed by atoms with Crippen LogP contribution in [0.5, 0.6) is 0 Å². The number of nitrogens with one attached hydrogen (secondary N) is 1. The number of anilines is 1. The molecule has 0 aliphatic heterocycles. The molecule has 0 spiro atoms. The van der Waals surface area contributed by atoms with E-state index in [1.54, 1.807) is 0 Å². The molecule has 18 heavy (non-hydrogen) atoms. The van der Waals surface area contributed by atoms with Crippen LogP contribution >= 0.6 is 0 Å². The zero-order valence-electron chi connectivity index (χ0n) is 10.1. The average Bonchev–Trinajstić information content (AvgIpc) is 2.82. The van der Waals surface area contributed by atoms with Gasteiger partial charge in [0, 0.05) is 25.3 Å². The monoisotopic (exact) mass is 237 g/mol. The maximum Gasteiger partial charge on any atom is 0.177 e. The van der Waals surface area contributed by atoms with Gasteiger partial charge in [-0.1, -0.05) is 0 Å². The van der Waals surface area contributed by atoms with Gasteiger partial charge in [0.25, 0.3) is 0 Å². The number of nitrogens with zero attached hydrogens (tertiary/aromatic N) is 4. The molecule has 1 heterocycles. The molecule has 0 aliphatic rings. The third-order valence-corrected chi connectivity index (χ3v) is 2.58. The van der Waals surface area contributed by atoms with Crippen molar-refractivity contribution in [3.05, 3.63) is 35.7 Å². The van der Waals surface area contributed by atoms with Crippen LogP contribution in [0.15, 0.2) is 24.3 Å². The second kappa shape index (κ2) is 4.60. The van der Waals surface area contributed by atoms with Crippen LogP contribution in [-0.4, -0.2) is 24.1 Å². The summed E-state index contributed by atoms with van der Waals surface area (Å²) in [5.74, 6) is 0.536. The predicted octanol–water partition coefficient (Wildman–Crippen LogP) is 1.89. The number of hydrogen-bond acceptors (Lipinski definition) is 4. The Labute approximate surface area is 105 Å². The lowest BCUT2D eigenvalue weighted by Gasteiger charge is -2.11. The Morgan fingerprint density at radius 2 is 1.78 bits per heavy atom. The number of nitriles is 2. The lowest BCUT2D eigenvalue weighted by Crippen LogP contribution is -2.07. The maximum absolute atomic E-state index is 8.85. The molecule has 0 amide bonds. The van der Waals surface area contributed by atoms with E-state index in [1.165, 1.54) is 0 Å².